The topological polar surface area (TPSA) is 94.9 Å². The minimum atomic E-state index is -1.26. The van der Waals surface area contributed by atoms with Gasteiger partial charge in [-0.1, -0.05) is 12.1 Å². The summed E-state index contributed by atoms with van der Waals surface area (Å²) >= 11 is 0. The average Bonchev–Trinajstić information content (AvgIpc) is 2.97. The minimum absolute atomic E-state index is 0.252. The van der Waals surface area contributed by atoms with E-state index in [9.17, 15) is 4.21 Å². The van der Waals surface area contributed by atoms with Gasteiger partial charge in [-0.3, -0.25) is 4.21 Å². The van der Waals surface area contributed by atoms with Crippen molar-refractivity contribution in [1.29, 1.82) is 0 Å². The normalized spacial score (nSPS) is 12.2. The molecule has 0 bridgehead atoms. The Labute approximate surface area is 123 Å². The Bertz CT molecular complexity index is 816. The molecule has 7 heteroatoms. The van der Waals surface area contributed by atoms with Crippen molar-refractivity contribution in [2.75, 3.05) is 12.0 Å². The highest BCUT2D eigenvalue weighted by molar-refractivity contribution is 7.84. The molecule has 0 saturated heterocycles. The second kappa shape index (κ2) is 5.45. The maximum Gasteiger partial charge on any atom is 0.218 e. The number of anilines is 1. The summed E-state index contributed by atoms with van der Waals surface area (Å²) in [6, 6.07) is 9.02. The van der Waals surface area contributed by atoms with Crippen LogP contribution >= 0.6 is 0 Å². The van der Waals surface area contributed by atoms with Gasteiger partial charge >= 0.3 is 0 Å². The minimum Gasteiger partial charge on any atom is -0.441 e. The molecule has 6 nitrogen and oxygen atoms in total. The van der Waals surface area contributed by atoms with Crippen LogP contribution in [0.3, 0.4) is 0 Å². The lowest BCUT2D eigenvalue weighted by molar-refractivity contribution is 0.569. The second-order valence-corrected chi connectivity index (χ2v) is 5.61. The number of nitrogens with zero attached hydrogens (tertiary/aromatic N) is 3. The van der Waals surface area contributed by atoms with Crippen LogP contribution in [0.2, 0.25) is 0 Å². The van der Waals surface area contributed by atoms with Crippen LogP contribution in [-0.2, 0) is 10.8 Å². The van der Waals surface area contributed by atoms with Crippen molar-refractivity contribution in [2.45, 2.75) is 5.16 Å². The summed E-state index contributed by atoms with van der Waals surface area (Å²) in [6.45, 7) is 0. The first kappa shape index (κ1) is 13.4. The summed E-state index contributed by atoms with van der Waals surface area (Å²) in [6.07, 6.45) is 4.42. The van der Waals surface area contributed by atoms with E-state index in [-0.39, 0.29) is 5.16 Å². The Morgan fingerprint density at radius 2 is 2.10 bits per heavy atom. The number of benzene rings is 1. The van der Waals surface area contributed by atoms with Gasteiger partial charge in [-0.25, -0.2) is 15.0 Å². The lowest BCUT2D eigenvalue weighted by Gasteiger charge is -2.03. The van der Waals surface area contributed by atoms with Crippen LogP contribution in [0.4, 0.5) is 5.69 Å². The summed E-state index contributed by atoms with van der Waals surface area (Å²) in [5.74, 6) is 0.495. The molecular weight excluding hydrogens is 288 g/mol. The second-order valence-electron chi connectivity index (χ2n) is 4.33. The Morgan fingerprint density at radius 3 is 2.86 bits per heavy atom. The highest BCUT2D eigenvalue weighted by Gasteiger charge is 2.15. The number of rotatable bonds is 3. The van der Waals surface area contributed by atoms with Crippen LogP contribution in [0, 0.1) is 0 Å². The third-order valence-corrected chi connectivity index (χ3v) is 3.56. The van der Waals surface area contributed by atoms with E-state index >= 15 is 0 Å². The quantitative estimate of drug-likeness (QED) is 0.588. The van der Waals surface area contributed by atoms with Crippen molar-refractivity contribution in [3.63, 3.8) is 0 Å². The number of hydrogen-bond donors (Lipinski definition) is 1. The Hall–Kier alpha value is -2.54. The van der Waals surface area contributed by atoms with E-state index in [2.05, 4.69) is 15.0 Å². The fraction of sp³-hybridized carbons (Fsp3) is 0.0714. The van der Waals surface area contributed by atoms with Crippen molar-refractivity contribution in [1.82, 2.24) is 15.0 Å². The maximum absolute atomic E-state index is 11.5. The predicted octanol–water partition coefficient (Wildman–Crippen LogP) is 2.12. The first-order chi connectivity index (χ1) is 10.1. The van der Waals surface area contributed by atoms with Gasteiger partial charge in [0.15, 0.2) is 12.2 Å². The highest BCUT2D eigenvalue weighted by atomic mass is 32.2. The Morgan fingerprint density at radius 1 is 1.24 bits per heavy atom. The molecule has 2 aromatic heterocycles. The molecule has 0 amide bonds. The molecule has 2 N–H and O–H groups in total. The van der Waals surface area contributed by atoms with Crippen molar-refractivity contribution >= 4 is 16.5 Å². The number of hydrogen-bond acceptors (Lipinski definition) is 6. The third-order valence-electron chi connectivity index (χ3n) is 2.85. The molecular formula is C14H12N4O2S. The van der Waals surface area contributed by atoms with Gasteiger partial charge in [0.2, 0.25) is 5.16 Å². The molecule has 106 valence electrons. The van der Waals surface area contributed by atoms with Crippen LogP contribution in [0.15, 0.2) is 52.5 Å². The standard InChI is InChI=1S/C14H12N4O2S/c1-21(19)14-16-6-5-11(18-14)13-12(17-8-20-13)9-3-2-4-10(15)7-9/h2-8H,15H2,1H3. The largest absolute Gasteiger partial charge is 0.441 e. The molecule has 3 rings (SSSR count). The van der Waals surface area contributed by atoms with Crippen LogP contribution in [0.25, 0.3) is 22.7 Å². The average molecular weight is 300 g/mol. The summed E-state index contributed by atoms with van der Waals surface area (Å²) in [5, 5.41) is 0.252. The van der Waals surface area contributed by atoms with E-state index < -0.39 is 10.8 Å². The predicted molar refractivity (Wildman–Crippen MR) is 79.7 cm³/mol. The number of nitrogens with two attached hydrogens (primary N) is 1. The van der Waals surface area contributed by atoms with E-state index in [0.717, 1.165) is 5.56 Å². The van der Waals surface area contributed by atoms with Crippen LogP contribution in [0.1, 0.15) is 0 Å². The molecule has 0 aliphatic rings. The molecule has 0 spiro atoms. The molecule has 0 aliphatic carbocycles. The molecule has 1 aromatic carbocycles. The van der Waals surface area contributed by atoms with Gasteiger partial charge in [-0.05, 0) is 18.2 Å². The number of nitrogen functional groups attached to an aromatic ring is 1. The molecule has 1 unspecified atom stereocenters. The van der Waals surface area contributed by atoms with Gasteiger partial charge in [0.1, 0.15) is 11.4 Å². The summed E-state index contributed by atoms with van der Waals surface area (Å²) in [5.41, 5.74) is 8.43. The van der Waals surface area contributed by atoms with Gasteiger partial charge in [0, 0.05) is 23.7 Å². The van der Waals surface area contributed by atoms with Gasteiger partial charge in [-0.15, -0.1) is 0 Å². The van der Waals surface area contributed by atoms with Crippen molar-refractivity contribution in [3.8, 4) is 22.7 Å². The summed E-state index contributed by atoms with van der Waals surface area (Å²) < 4.78 is 16.9. The molecule has 1 atom stereocenters. The number of oxazole rings is 1. The fourth-order valence-electron chi connectivity index (χ4n) is 1.93. The highest BCUT2D eigenvalue weighted by Crippen LogP contribution is 2.30. The van der Waals surface area contributed by atoms with Crippen molar-refractivity contribution in [3.05, 3.63) is 42.9 Å². The zero-order valence-electron chi connectivity index (χ0n) is 11.2. The molecule has 2 heterocycles. The van der Waals surface area contributed by atoms with E-state index in [1.54, 1.807) is 24.4 Å². The number of aromatic nitrogens is 3. The van der Waals surface area contributed by atoms with Crippen LogP contribution < -0.4 is 5.73 Å². The molecule has 3 aromatic rings. The maximum atomic E-state index is 11.5. The fourth-order valence-corrected chi connectivity index (χ4v) is 2.36. The third kappa shape index (κ3) is 2.68. The molecule has 0 radical (unpaired) electrons. The monoisotopic (exact) mass is 300 g/mol. The van der Waals surface area contributed by atoms with Gasteiger partial charge in [0.25, 0.3) is 0 Å². The van der Waals surface area contributed by atoms with E-state index in [0.29, 0.717) is 22.8 Å². The summed E-state index contributed by atoms with van der Waals surface area (Å²) in [4.78, 5) is 12.4. The molecule has 21 heavy (non-hydrogen) atoms. The zero-order valence-corrected chi connectivity index (χ0v) is 12.0. The molecule has 0 fully saturated rings. The Kier molecular flexibility index (Phi) is 3.49. The van der Waals surface area contributed by atoms with Gasteiger partial charge < -0.3 is 10.2 Å². The first-order valence-corrected chi connectivity index (χ1v) is 7.67. The van der Waals surface area contributed by atoms with Crippen LogP contribution in [0.5, 0.6) is 0 Å². The SMILES string of the molecule is CS(=O)c1nccc(-c2ocnc2-c2cccc(N)c2)n1. The smallest absolute Gasteiger partial charge is 0.218 e. The van der Waals surface area contributed by atoms with Crippen molar-refractivity contribution in [2.24, 2.45) is 0 Å². The van der Waals surface area contributed by atoms with E-state index in [1.807, 2.05) is 12.1 Å². The lowest BCUT2D eigenvalue weighted by atomic mass is 10.1. The van der Waals surface area contributed by atoms with E-state index in [1.165, 1.54) is 12.6 Å². The first-order valence-electron chi connectivity index (χ1n) is 6.11. The molecule has 0 aliphatic heterocycles. The molecule has 0 saturated carbocycles. The lowest BCUT2D eigenvalue weighted by Crippen LogP contribution is -1.98. The van der Waals surface area contributed by atoms with Crippen molar-refractivity contribution < 1.29 is 8.63 Å². The van der Waals surface area contributed by atoms with E-state index in [4.69, 9.17) is 10.2 Å². The van der Waals surface area contributed by atoms with Gasteiger partial charge in [0.05, 0.1) is 10.8 Å². The zero-order chi connectivity index (χ0) is 14.8. The summed E-state index contributed by atoms with van der Waals surface area (Å²) in [7, 11) is -1.26. The van der Waals surface area contributed by atoms with Crippen LogP contribution in [-0.4, -0.2) is 25.4 Å². The van der Waals surface area contributed by atoms with Gasteiger partial charge in [-0.2, -0.15) is 0 Å². The Balaban J connectivity index is 2.11.